The fraction of sp³-hybridized carbons (Fsp3) is 0.409. The van der Waals surface area contributed by atoms with Gasteiger partial charge >= 0.3 is 0 Å². The van der Waals surface area contributed by atoms with E-state index in [1.807, 2.05) is 12.1 Å². The van der Waals surface area contributed by atoms with Crippen molar-refractivity contribution < 1.29 is 9.47 Å². The fourth-order valence-corrected chi connectivity index (χ4v) is 6.03. The first-order chi connectivity index (χ1) is 13.6. The molecule has 6 heteroatoms. The third-order valence-corrected chi connectivity index (χ3v) is 7.12. The van der Waals surface area contributed by atoms with E-state index in [1.165, 1.54) is 24.8 Å². The van der Waals surface area contributed by atoms with Gasteiger partial charge in [0.15, 0.2) is 5.72 Å². The molecule has 2 heterocycles. The summed E-state index contributed by atoms with van der Waals surface area (Å²) in [5.41, 5.74) is 3.13. The monoisotopic (exact) mass is 504 g/mol. The number of benzene rings is 2. The summed E-state index contributed by atoms with van der Waals surface area (Å²) in [6.45, 7) is 0. The highest BCUT2D eigenvalue weighted by Crippen LogP contribution is 2.53. The van der Waals surface area contributed by atoms with Crippen molar-refractivity contribution in [3.8, 4) is 11.5 Å². The summed E-state index contributed by atoms with van der Waals surface area (Å²) >= 11 is 7.38. The SMILES string of the molecule is COc1ccc(C2=NN3C(C2)c2cc(Br)cc(Br)c2OC32CCCCC2)cc1. The molecule has 2 aliphatic heterocycles. The Hall–Kier alpha value is -1.53. The van der Waals surface area contributed by atoms with Gasteiger partial charge in [0.2, 0.25) is 0 Å². The highest BCUT2D eigenvalue weighted by atomic mass is 79.9. The number of hydrogen-bond acceptors (Lipinski definition) is 4. The number of nitrogens with zero attached hydrogens (tertiary/aromatic N) is 2. The van der Waals surface area contributed by atoms with Crippen LogP contribution in [0.1, 0.15) is 55.7 Å². The molecule has 1 aliphatic carbocycles. The number of ether oxygens (including phenoxy) is 2. The average molecular weight is 506 g/mol. The Morgan fingerprint density at radius 1 is 1.11 bits per heavy atom. The molecule has 1 saturated carbocycles. The third kappa shape index (κ3) is 2.96. The summed E-state index contributed by atoms with van der Waals surface area (Å²) in [6, 6.07) is 12.7. The maximum absolute atomic E-state index is 6.71. The van der Waals surface area contributed by atoms with E-state index < -0.39 is 0 Å². The number of fused-ring (bicyclic) bond motifs is 4. The Labute approximate surface area is 182 Å². The van der Waals surface area contributed by atoms with E-state index in [4.69, 9.17) is 14.6 Å². The maximum Gasteiger partial charge on any atom is 0.198 e. The molecule has 4 nitrogen and oxygen atoms in total. The standard InChI is InChI=1S/C22H22Br2N2O2/c1-27-16-7-5-14(6-8-16)19-13-20-17-11-15(23)12-18(24)21(17)28-22(26(20)25-19)9-3-2-4-10-22/h5-8,11-12,20H,2-4,9-10,13H2,1H3. The van der Waals surface area contributed by atoms with Crippen LogP contribution in [0.2, 0.25) is 0 Å². The molecular weight excluding hydrogens is 484 g/mol. The highest BCUT2D eigenvalue weighted by Gasteiger charge is 2.51. The van der Waals surface area contributed by atoms with Crippen LogP contribution in [-0.2, 0) is 0 Å². The van der Waals surface area contributed by atoms with E-state index in [0.29, 0.717) is 0 Å². The second kappa shape index (κ2) is 7.06. The van der Waals surface area contributed by atoms with Crippen molar-refractivity contribution in [2.24, 2.45) is 5.10 Å². The molecule has 0 aromatic heterocycles. The highest BCUT2D eigenvalue weighted by molar-refractivity contribution is 9.11. The van der Waals surface area contributed by atoms with Crippen LogP contribution >= 0.6 is 31.9 Å². The Balaban J connectivity index is 1.59. The maximum atomic E-state index is 6.71. The molecule has 1 unspecified atom stereocenters. The average Bonchev–Trinajstić information content (AvgIpc) is 3.17. The summed E-state index contributed by atoms with van der Waals surface area (Å²) in [4.78, 5) is 0. The second-order valence-corrected chi connectivity index (χ2v) is 9.52. The molecule has 0 saturated heterocycles. The first-order valence-corrected chi connectivity index (χ1v) is 11.4. The summed E-state index contributed by atoms with van der Waals surface area (Å²) in [5, 5.41) is 7.40. The molecule has 0 N–H and O–H groups in total. The minimum absolute atomic E-state index is 0.202. The lowest BCUT2D eigenvalue weighted by Gasteiger charge is -2.49. The van der Waals surface area contributed by atoms with Crippen molar-refractivity contribution in [1.82, 2.24) is 5.01 Å². The lowest BCUT2D eigenvalue weighted by Crippen LogP contribution is -2.54. The van der Waals surface area contributed by atoms with Gasteiger partial charge in [0.25, 0.3) is 0 Å². The van der Waals surface area contributed by atoms with Gasteiger partial charge in [0.05, 0.1) is 23.3 Å². The minimum atomic E-state index is -0.333. The first-order valence-electron chi connectivity index (χ1n) is 9.79. The van der Waals surface area contributed by atoms with Crippen LogP contribution in [-0.4, -0.2) is 23.6 Å². The van der Waals surface area contributed by atoms with E-state index >= 15 is 0 Å². The van der Waals surface area contributed by atoms with Gasteiger partial charge in [-0.1, -0.05) is 22.4 Å². The van der Waals surface area contributed by atoms with Crippen LogP contribution in [0, 0.1) is 0 Å². The van der Waals surface area contributed by atoms with Crippen molar-refractivity contribution in [2.75, 3.05) is 7.11 Å². The van der Waals surface area contributed by atoms with Gasteiger partial charge in [-0.2, -0.15) is 5.10 Å². The molecule has 1 spiro atoms. The zero-order chi connectivity index (χ0) is 19.3. The molecule has 146 valence electrons. The zero-order valence-electron chi connectivity index (χ0n) is 15.8. The van der Waals surface area contributed by atoms with Crippen LogP contribution in [0.5, 0.6) is 11.5 Å². The van der Waals surface area contributed by atoms with Gasteiger partial charge in [-0.25, -0.2) is 5.01 Å². The predicted octanol–water partition coefficient (Wildman–Crippen LogP) is 6.42. The Morgan fingerprint density at radius 2 is 1.86 bits per heavy atom. The molecule has 2 aromatic rings. The molecule has 28 heavy (non-hydrogen) atoms. The summed E-state index contributed by atoms with van der Waals surface area (Å²) in [6.07, 6.45) is 6.55. The van der Waals surface area contributed by atoms with Gasteiger partial charge in [-0.05, 0) is 70.7 Å². The Bertz CT molecular complexity index is 936. The zero-order valence-corrected chi connectivity index (χ0v) is 18.9. The van der Waals surface area contributed by atoms with E-state index in [2.05, 4.69) is 61.1 Å². The van der Waals surface area contributed by atoms with Crippen LogP contribution in [0.4, 0.5) is 0 Å². The van der Waals surface area contributed by atoms with Crippen LogP contribution < -0.4 is 9.47 Å². The summed E-state index contributed by atoms with van der Waals surface area (Å²) in [5.74, 6) is 1.85. The van der Waals surface area contributed by atoms with Crippen molar-refractivity contribution in [1.29, 1.82) is 0 Å². The molecule has 3 aliphatic rings. The molecule has 0 bridgehead atoms. The van der Waals surface area contributed by atoms with E-state index in [9.17, 15) is 0 Å². The smallest absolute Gasteiger partial charge is 0.198 e. The van der Waals surface area contributed by atoms with Gasteiger partial charge in [0, 0.05) is 29.3 Å². The van der Waals surface area contributed by atoms with Crippen molar-refractivity contribution in [3.63, 3.8) is 0 Å². The molecule has 2 aromatic carbocycles. The topological polar surface area (TPSA) is 34.1 Å². The molecule has 0 amide bonds. The molecule has 1 fully saturated rings. The van der Waals surface area contributed by atoms with E-state index in [1.54, 1.807) is 7.11 Å². The van der Waals surface area contributed by atoms with E-state index in [0.717, 1.165) is 51.0 Å². The Kier molecular flexibility index (Phi) is 4.67. The van der Waals surface area contributed by atoms with Gasteiger partial charge in [0.1, 0.15) is 11.5 Å². The summed E-state index contributed by atoms with van der Waals surface area (Å²) in [7, 11) is 1.69. The lowest BCUT2D eigenvalue weighted by molar-refractivity contribution is -0.140. The largest absolute Gasteiger partial charge is 0.497 e. The first kappa shape index (κ1) is 18.5. The van der Waals surface area contributed by atoms with Gasteiger partial charge in [-0.3, -0.25) is 0 Å². The van der Waals surface area contributed by atoms with Crippen LogP contribution in [0.3, 0.4) is 0 Å². The number of hydrogen-bond donors (Lipinski definition) is 0. The second-order valence-electron chi connectivity index (χ2n) is 7.75. The number of hydrazone groups is 1. The minimum Gasteiger partial charge on any atom is -0.497 e. The van der Waals surface area contributed by atoms with Gasteiger partial charge < -0.3 is 9.47 Å². The van der Waals surface area contributed by atoms with Crippen LogP contribution in [0.25, 0.3) is 0 Å². The molecule has 0 radical (unpaired) electrons. The quantitative estimate of drug-likeness (QED) is 0.472. The number of methoxy groups -OCH3 is 1. The van der Waals surface area contributed by atoms with Crippen LogP contribution in [0.15, 0.2) is 50.4 Å². The Morgan fingerprint density at radius 3 is 2.57 bits per heavy atom. The van der Waals surface area contributed by atoms with Gasteiger partial charge in [-0.15, -0.1) is 0 Å². The van der Waals surface area contributed by atoms with E-state index in [-0.39, 0.29) is 11.8 Å². The molecular formula is C22H22Br2N2O2. The van der Waals surface area contributed by atoms with Crippen molar-refractivity contribution >= 4 is 37.6 Å². The number of halogens is 2. The van der Waals surface area contributed by atoms with Crippen molar-refractivity contribution in [2.45, 2.75) is 50.3 Å². The fourth-order valence-electron chi connectivity index (χ4n) is 4.69. The molecule has 5 rings (SSSR count). The number of rotatable bonds is 2. The molecule has 1 atom stereocenters. The summed E-state index contributed by atoms with van der Waals surface area (Å²) < 4.78 is 14.1. The normalized spacial score (nSPS) is 22.3. The third-order valence-electron chi connectivity index (χ3n) is 6.07. The predicted molar refractivity (Wildman–Crippen MR) is 117 cm³/mol. The lowest BCUT2D eigenvalue weighted by atomic mass is 9.86. The van der Waals surface area contributed by atoms with Crippen molar-refractivity contribution in [3.05, 3.63) is 56.5 Å².